The van der Waals surface area contributed by atoms with Crippen LogP contribution in [0.15, 0.2) is 34.1 Å². The molecular weight excluding hydrogens is 508 g/mol. The van der Waals surface area contributed by atoms with Crippen LogP contribution in [0.4, 0.5) is 4.79 Å². The third-order valence-corrected chi connectivity index (χ3v) is 11.6. The predicted molar refractivity (Wildman–Crippen MR) is 131 cm³/mol. The Hall–Kier alpha value is -2.22. The summed E-state index contributed by atoms with van der Waals surface area (Å²) >= 11 is 0. The van der Waals surface area contributed by atoms with Crippen molar-refractivity contribution >= 4 is 32.0 Å². The minimum atomic E-state index is -3.89. The first-order chi connectivity index (χ1) is 16.9. The Balaban J connectivity index is 1.41. The molecular formula is C23H34N4O7S2. The van der Waals surface area contributed by atoms with E-state index in [0.29, 0.717) is 58.7 Å². The molecule has 13 heteroatoms. The molecule has 1 atom stereocenters. The molecule has 4 rings (SSSR count). The molecule has 36 heavy (non-hydrogen) atoms. The van der Waals surface area contributed by atoms with Crippen LogP contribution in [0.25, 0.3) is 0 Å². The molecule has 2 amide bonds. The maximum Gasteiger partial charge on any atom is 0.407 e. The Kier molecular flexibility index (Phi) is 7.39. The van der Waals surface area contributed by atoms with Crippen molar-refractivity contribution in [1.29, 1.82) is 0 Å². The molecule has 1 spiro atoms. The molecule has 3 aliphatic rings. The number of nitrogens with zero attached hydrogens (tertiary/aromatic N) is 4. The maximum atomic E-state index is 13.3. The molecule has 0 bridgehead atoms. The van der Waals surface area contributed by atoms with Crippen LogP contribution >= 0.6 is 0 Å². The van der Waals surface area contributed by atoms with Gasteiger partial charge < -0.3 is 14.9 Å². The molecule has 3 fully saturated rings. The standard InChI is InChI=1S/C23H34N4O7S2/c1-3-26(4-2)35(31,32)19-7-9-20(10-8-19)36(33,34)27-12-5-6-18(14-27)21(28)25-16-23(17-25)11-13-24(15-23)22(29)30/h7-10,18H,3-6,11-17H2,1-2H3,(H,29,30). The summed E-state index contributed by atoms with van der Waals surface area (Å²) in [4.78, 5) is 27.5. The van der Waals surface area contributed by atoms with Gasteiger partial charge in [0.05, 0.1) is 15.7 Å². The van der Waals surface area contributed by atoms with Crippen molar-refractivity contribution in [3.8, 4) is 0 Å². The van der Waals surface area contributed by atoms with Crippen LogP contribution in [0, 0.1) is 11.3 Å². The molecule has 1 N–H and O–H groups in total. The fourth-order valence-corrected chi connectivity index (χ4v) is 8.52. The Labute approximate surface area is 212 Å². The van der Waals surface area contributed by atoms with Crippen LogP contribution in [0.2, 0.25) is 0 Å². The van der Waals surface area contributed by atoms with Gasteiger partial charge in [-0.2, -0.15) is 8.61 Å². The summed E-state index contributed by atoms with van der Waals surface area (Å²) in [5.41, 5.74) is -0.179. The number of carboxylic acid groups (broad SMARTS) is 1. The van der Waals surface area contributed by atoms with Gasteiger partial charge in [-0.15, -0.1) is 0 Å². The largest absolute Gasteiger partial charge is 0.465 e. The van der Waals surface area contributed by atoms with Crippen LogP contribution in [0.1, 0.15) is 33.1 Å². The first kappa shape index (κ1) is 26.8. The van der Waals surface area contributed by atoms with E-state index in [2.05, 4.69) is 0 Å². The summed E-state index contributed by atoms with van der Waals surface area (Å²) in [5.74, 6) is -0.542. The summed E-state index contributed by atoms with van der Waals surface area (Å²) < 4.78 is 54.6. The first-order valence-corrected chi connectivity index (χ1v) is 15.2. The highest BCUT2D eigenvalue weighted by Crippen LogP contribution is 2.41. The van der Waals surface area contributed by atoms with E-state index in [0.717, 1.165) is 6.42 Å². The van der Waals surface area contributed by atoms with Crippen molar-refractivity contribution in [2.75, 3.05) is 52.4 Å². The maximum absolute atomic E-state index is 13.3. The topological polar surface area (TPSA) is 136 Å². The SMILES string of the molecule is CCN(CC)S(=O)(=O)c1ccc(S(=O)(=O)N2CCCC(C(=O)N3CC4(CCN(C(=O)O)C4)C3)C2)cc1. The van der Waals surface area contributed by atoms with Gasteiger partial charge in [-0.25, -0.2) is 21.6 Å². The zero-order valence-corrected chi connectivity index (χ0v) is 22.3. The lowest BCUT2D eigenvalue weighted by Gasteiger charge is -2.49. The van der Waals surface area contributed by atoms with E-state index in [9.17, 15) is 31.5 Å². The lowest BCUT2D eigenvalue weighted by molar-refractivity contribution is -0.148. The summed E-state index contributed by atoms with van der Waals surface area (Å²) in [7, 11) is -7.59. The minimum absolute atomic E-state index is 0.00304. The zero-order valence-electron chi connectivity index (χ0n) is 20.7. The number of rotatable bonds is 7. The van der Waals surface area contributed by atoms with Crippen LogP contribution < -0.4 is 0 Å². The quantitative estimate of drug-likeness (QED) is 0.549. The smallest absolute Gasteiger partial charge is 0.407 e. The van der Waals surface area contributed by atoms with E-state index < -0.39 is 32.1 Å². The highest BCUT2D eigenvalue weighted by atomic mass is 32.2. The second kappa shape index (κ2) is 9.92. The number of amides is 2. The van der Waals surface area contributed by atoms with Gasteiger partial charge in [0.1, 0.15) is 0 Å². The van der Waals surface area contributed by atoms with Gasteiger partial charge in [0.25, 0.3) is 0 Å². The van der Waals surface area contributed by atoms with Crippen LogP contribution in [-0.4, -0.2) is 105 Å². The van der Waals surface area contributed by atoms with E-state index in [1.165, 1.54) is 37.8 Å². The average Bonchev–Trinajstić information content (AvgIpc) is 3.30. The molecule has 3 aliphatic heterocycles. The fourth-order valence-electron chi connectivity index (χ4n) is 5.54. The number of carbonyl (C=O) groups excluding carboxylic acids is 1. The molecule has 1 aromatic carbocycles. The van der Waals surface area contributed by atoms with E-state index in [1.54, 1.807) is 18.7 Å². The number of benzene rings is 1. The third kappa shape index (κ3) is 4.85. The average molecular weight is 543 g/mol. The Bertz CT molecular complexity index is 1210. The Morgan fingerprint density at radius 2 is 1.56 bits per heavy atom. The molecule has 1 aromatic rings. The minimum Gasteiger partial charge on any atom is -0.465 e. The highest BCUT2D eigenvalue weighted by molar-refractivity contribution is 7.89. The van der Waals surface area contributed by atoms with Crippen molar-refractivity contribution in [1.82, 2.24) is 18.4 Å². The monoisotopic (exact) mass is 542 g/mol. The lowest BCUT2D eigenvalue weighted by Crippen LogP contribution is -2.61. The molecule has 1 unspecified atom stereocenters. The fraction of sp³-hybridized carbons (Fsp3) is 0.652. The Morgan fingerprint density at radius 1 is 0.972 bits per heavy atom. The van der Waals surface area contributed by atoms with Gasteiger partial charge >= 0.3 is 6.09 Å². The second-order valence-electron chi connectivity index (χ2n) is 9.91. The molecule has 0 saturated carbocycles. The molecule has 3 saturated heterocycles. The van der Waals surface area contributed by atoms with Crippen molar-refractivity contribution in [2.24, 2.45) is 11.3 Å². The number of piperidine rings is 1. The lowest BCUT2D eigenvalue weighted by atomic mass is 9.78. The van der Waals surface area contributed by atoms with Crippen molar-refractivity contribution in [3.63, 3.8) is 0 Å². The molecule has 0 aromatic heterocycles. The molecule has 0 radical (unpaired) electrons. The number of carbonyl (C=O) groups is 2. The number of likely N-dealkylation sites (tertiary alicyclic amines) is 2. The van der Waals surface area contributed by atoms with Gasteiger partial charge in [-0.3, -0.25) is 4.79 Å². The van der Waals surface area contributed by atoms with E-state index in [1.807, 2.05) is 0 Å². The highest BCUT2D eigenvalue weighted by Gasteiger charge is 2.51. The van der Waals surface area contributed by atoms with Crippen molar-refractivity contribution in [2.45, 2.75) is 42.9 Å². The van der Waals surface area contributed by atoms with E-state index in [-0.39, 0.29) is 27.7 Å². The second-order valence-corrected chi connectivity index (χ2v) is 13.8. The van der Waals surface area contributed by atoms with Crippen LogP contribution in [0.5, 0.6) is 0 Å². The predicted octanol–water partition coefficient (Wildman–Crippen LogP) is 1.33. The number of hydrogen-bond donors (Lipinski definition) is 1. The molecule has 11 nitrogen and oxygen atoms in total. The van der Waals surface area contributed by atoms with Crippen molar-refractivity contribution in [3.05, 3.63) is 24.3 Å². The summed E-state index contributed by atoms with van der Waals surface area (Å²) in [6.07, 6.45) is 0.934. The van der Waals surface area contributed by atoms with Gasteiger partial charge in [-0.1, -0.05) is 13.8 Å². The third-order valence-electron chi connectivity index (χ3n) is 7.61. The summed E-state index contributed by atoms with van der Waals surface area (Å²) in [6.45, 7) is 6.39. The summed E-state index contributed by atoms with van der Waals surface area (Å²) in [5, 5.41) is 9.20. The van der Waals surface area contributed by atoms with Gasteiger partial charge in [0, 0.05) is 57.8 Å². The normalized spacial score (nSPS) is 22.7. The number of sulfonamides is 2. The molecule has 200 valence electrons. The van der Waals surface area contributed by atoms with E-state index in [4.69, 9.17) is 0 Å². The van der Waals surface area contributed by atoms with Gasteiger partial charge in [0.15, 0.2) is 0 Å². The van der Waals surface area contributed by atoms with Gasteiger partial charge in [-0.05, 0) is 43.5 Å². The summed E-state index contributed by atoms with van der Waals surface area (Å²) in [6, 6.07) is 5.25. The first-order valence-electron chi connectivity index (χ1n) is 12.3. The van der Waals surface area contributed by atoms with E-state index >= 15 is 0 Å². The number of hydrogen-bond acceptors (Lipinski definition) is 6. The van der Waals surface area contributed by atoms with Gasteiger partial charge in [0.2, 0.25) is 26.0 Å². The molecule has 3 heterocycles. The molecule has 0 aliphatic carbocycles. The van der Waals surface area contributed by atoms with Crippen LogP contribution in [0.3, 0.4) is 0 Å². The zero-order chi connectivity index (χ0) is 26.3. The van der Waals surface area contributed by atoms with Crippen LogP contribution in [-0.2, 0) is 24.8 Å². The van der Waals surface area contributed by atoms with Crippen molar-refractivity contribution < 1.29 is 31.5 Å². The Morgan fingerprint density at radius 3 is 2.11 bits per heavy atom.